The first-order valence-electron chi connectivity index (χ1n) is 6.65. The van der Waals surface area contributed by atoms with Crippen LogP contribution in [0.1, 0.15) is 31.1 Å². The number of benzene rings is 1. The van der Waals surface area contributed by atoms with Crippen molar-refractivity contribution in [3.63, 3.8) is 0 Å². The van der Waals surface area contributed by atoms with E-state index in [9.17, 15) is 9.36 Å². The molecule has 6 heteroatoms. The number of rotatable bonds is 8. The van der Waals surface area contributed by atoms with Crippen molar-refractivity contribution in [1.29, 1.82) is 0 Å². The fraction of sp³-hybridized carbons (Fsp3) is 0.500. The zero-order valence-electron chi connectivity index (χ0n) is 12.1. The number of ether oxygens (including phenoxy) is 1. The Morgan fingerprint density at radius 1 is 1.15 bits per heavy atom. The van der Waals surface area contributed by atoms with Gasteiger partial charge < -0.3 is 13.8 Å². The highest BCUT2D eigenvalue weighted by Crippen LogP contribution is 2.48. The zero-order valence-corrected chi connectivity index (χ0v) is 13.0. The SMILES string of the molecule is CCOP(=O)(C[C@H](C)OC(=O)c1ccccc1)OCC. The van der Waals surface area contributed by atoms with Gasteiger partial charge in [0.15, 0.2) is 0 Å². The van der Waals surface area contributed by atoms with Gasteiger partial charge in [0, 0.05) is 0 Å². The Hall–Kier alpha value is -1.16. The Morgan fingerprint density at radius 2 is 1.70 bits per heavy atom. The van der Waals surface area contributed by atoms with Crippen molar-refractivity contribution in [2.75, 3.05) is 19.4 Å². The van der Waals surface area contributed by atoms with Crippen molar-refractivity contribution >= 4 is 13.6 Å². The summed E-state index contributed by atoms with van der Waals surface area (Å²) in [6.07, 6.45) is -0.501. The highest BCUT2D eigenvalue weighted by atomic mass is 31.2. The fourth-order valence-electron chi connectivity index (χ4n) is 1.71. The summed E-state index contributed by atoms with van der Waals surface area (Å²) in [5.74, 6) is -0.447. The van der Waals surface area contributed by atoms with Crippen LogP contribution in [-0.4, -0.2) is 31.4 Å². The van der Waals surface area contributed by atoms with Crippen molar-refractivity contribution in [3.05, 3.63) is 35.9 Å². The van der Waals surface area contributed by atoms with Crippen LogP contribution in [0.4, 0.5) is 0 Å². The molecule has 0 spiro atoms. The second-order valence-electron chi connectivity index (χ2n) is 4.21. The summed E-state index contributed by atoms with van der Waals surface area (Å²) in [4.78, 5) is 11.9. The van der Waals surface area contributed by atoms with Crippen molar-refractivity contribution in [2.24, 2.45) is 0 Å². The Morgan fingerprint density at radius 3 is 2.20 bits per heavy atom. The first-order chi connectivity index (χ1) is 9.50. The summed E-state index contributed by atoms with van der Waals surface area (Å²) in [7, 11) is -3.20. The largest absolute Gasteiger partial charge is 0.458 e. The highest BCUT2D eigenvalue weighted by molar-refractivity contribution is 7.53. The average molecular weight is 300 g/mol. The molecule has 0 heterocycles. The third-order valence-electron chi connectivity index (χ3n) is 2.45. The van der Waals surface area contributed by atoms with E-state index in [1.807, 2.05) is 6.07 Å². The van der Waals surface area contributed by atoms with Gasteiger partial charge in [0.25, 0.3) is 0 Å². The van der Waals surface area contributed by atoms with Crippen LogP contribution in [0, 0.1) is 0 Å². The first-order valence-corrected chi connectivity index (χ1v) is 8.37. The lowest BCUT2D eigenvalue weighted by Crippen LogP contribution is -2.20. The molecular formula is C14H21O5P. The van der Waals surface area contributed by atoms with Crippen LogP contribution in [0.2, 0.25) is 0 Å². The van der Waals surface area contributed by atoms with Gasteiger partial charge in [-0.05, 0) is 32.9 Å². The third-order valence-corrected chi connectivity index (χ3v) is 4.71. The molecular weight excluding hydrogens is 279 g/mol. The Labute approximate surface area is 119 Å². The van der Waals surface area contributed by atoms with Gasteiger partial charge in [-0.15, -0.1) is 0 Å². The van der Waals surface area contributed by atoms with Crippen LogP contribution < -0.4 is 0 Å². The maximum Gasteiger partial charge on any atom is 0.338 e. The zero-order chi connectivity index (χ0) is 15.0. The number of hydrogen-bond acceptors (Lipinski definition) is 5. The molecule has 1 aromatic carbocycles. The Kier molecular flexibility index (Phi) is 6.93. The van der Waals surface area contributed by atoms with Crippen molar-refractivity contribution in [1.82, 2.24) is 0 Å². The lowest BCUT2D eigenvalue weighted by Gasteiger charge is -2.20. The van der Waals surface area contributed by atoms with Gasteiger partial charge in [-0.25, -0.2) is 4.79 Å². The van der Waals surface area contributed by atoms with Crippen LogP contribution in [-0.2, 0) is 18.3 Å². The number of carbonyl (C=O) groups is 1. The molecule has 0 saturated carbocycles. The Balaban J connectivity index is 2.60. The predicted molar refractivity (Wildman–Crippen MR) is 77.0 cm³/mol. The smallest absolute Gasteiger partial charge is 0.338 e. The van der Waals surface area contributed by atoms with Crippen LogP contribution >= 0.6 is 7.60 Å². The molecule has 0 saturated heterocycles. The molecule has 0 fully saturated rings. The van der Waals surface area contributed by atoms with Crippen molar-refractivity contribution in [2.45, 2.75) is 26.9 Å². The molecule has 0 bridgehead atoms. The monoisotopic (exact) mass is 300 g/mol. The molecule has 5 nitrogen and oxygen atoms in total. The number of hydrogen-bond donors (Lipinski definition) is 0. The molecule has 112 valence electrons. The standard InChI is InChI=1S/C14H21O5P/c1-4-17-20(16,18-5-2)11-12(3)19-14(15)13-9-7-6-8-10-13/h6-10,12H,4-5,11H2,1-3H3/t12-/m0/s1. The number of carbonyl (C=O) groups excluding carboxylic acids is 1. The molecule has 0 amide bonds. The molecule has 0 aliphatic heterocycles. The van der Waals surface area contributed by atoms with Gasteiger partial charge in [-0.2, -0.15) is 0 Å². The molecule has 0 N–H and O–H groups in total. The average Bonchev–Trinajstić information content (AvgIpc) is 2.39. The van der Waals surface area contributed by atoms with Crippen LogP contribution in [0.3, 0.4) is 0 Å². The van der Waals surface area contributed by atoms with E-state index in [4.69, 9.17) is 13.8 Å². The predicted octanol–water partition coefficient (Wildman–Crippen LogP) is 3.50. The summed E-state index contributed by atoms with van der Waals surface area (Å²) in [5, 5.41) is 0. The summed E-state index contributed by atoms with van der Waals surface area (Å²) in [6.45, 7) is 5.73. The van der Waals surface area contributed by atoms with Gasteiger partial charge in [0.1, 0.15) is 6.10 Å². The molecule has 1 atom stereocenters. The molecule has 0 aliphatic rings. The molecule has 1 aromatic rings. The van der Waals surface area contributed by atoms with Crippen LogP contribution in [0.25, 0.3) is 0 Å². The highest BCUT2D eigenvalue weighted by Gasteiger charge is 2.28. The van der Waals surface area contributed by atoms with E-state index in [0.29, 0.717) is 5.56 Å². The third kappa shape index (κ3) is 5.45. The van der Waals surface area contributed by atoms with E-state index < -0.39 is 19.7 Å². The minimum absolute atomic E-state index is 0.0489. The first kappa shape index (κ1) is 16.9. The van der Waals surface area contributed by atoms with E-state index in [-0.39, 0.29) is 19.4 Å². The summed E-state index contributed by atoms with van der Waals surface area (Å²) >= 11 is 0. The summed E-state index contributed by atoms with van der Waals surface area (Å²) in [6, 6.07) is 8.66. The van der Waals surface area contributed by atoms with Gasteiger partial charge in [0.2, 0.25) is 0 Å². The van der Waals surface area contributed by atoms with E-state index in [1.54, 1.807) is 45.0 Å². The van der Waals surface area contributed by atoms with Crippen LogP contribution in [0.15, 0.2) is 30.3 Å². The van der Waals surface area contributed by atoms with Crippen LogP contribution in [0.5, 0.6) is 0 Å². The summed E-state index contributed by atoms with van der Waals surface area (Å²) < 4.78 is 27.9. The second-order valence-corrected chi connectivity index (χ2v) is 6.31. The summed E-state index contributed by atoms with van der Waals surface area (Å²) in [5.41, 5.74) is 0.460. The lowest BCUT2D eigenvalue weighted by molar-refractivity contribution is 0.0371. The second kappa shape index (κ2) is 8.20. The van der Waals surface area contributed by atoms with E-state index in [0.717, 1.165) is 0 Å². The molecule has 20 heavy (non-hydrogen) atoms. The molecule has 0 aliphatic carbocycles. The van der Waals surface area contributed by atoms with Gasteiger partial charge in [0.05, 0.1) is 24.9 Å². The molecule has 0 unspecified atom stereocenters. The molecule has 0 aromatic heterocycles. The maximum absolute atomic E-state index is 12.3. The molecule has 0 radical (unpaired) electrons. The van der Waals surface area contributed by atoms with Crippen molar-refractivity contribution in [3.8, 4) is 0 Å². The minimum Gasteiger partial charge on any atom is -0.458 e. The minimum atomic E-state index is -3.20. The Bertz CT molecular complexity index is 450. The normalized spacial score (nSPS) is 12.9. The topological polar surface area (TPSA) is 61.8 Å². The lowest BCUT2D eigenvalue weighted by atomic mass is 10.2. The quantitative estimate of drug-likeness (QED) is 0.543. The van der Waals surface area contributed by atoms with Gasteiger partial charge in [-0.1, -0.05) is 18.2 Å². The van der Waals surface area contributed by atoms with Crippen molar-refractivity contribution < 1.29 is 23.1 Å². The van der Waals surface area contributed by atoms with E-state index >= 15 is 0 Å². The van der Waals surface area contributed by atoms with E-state index in [1.165, 1.54) is 0 Å². The number of esters is 1. The van der Waals surface area contributed by atoms with E-state index in [2.05, 4.69) is 0 Å². The van der Waals surface area contributed by atoms with Gasteiger partial charge >= 0.3 is 13.6 Å². The maximum atomic E-state index is 12.3. The fourth-order valence-corrected chi connectivity index (χ4v) is 3.49. The molecule has 1 rings (SSSR count). The van der Waals surface area contributed by atoms with Gasteiger partial charge in [-0.3, -0.25) is 4.57 Å².